The highest BCUT2D eigenvalue weighted by Gasteiger charge is 2.17. The van der Waals surface area contributed by atoms with E-state index in [9.17, 15) is 14.3 Å². The number of carboxylic acids is 1. The van der Waals surface area contributed by atoms with Crippen LogP contribution in [0.3, 0.4) is 0 Å². The van der Waals surface area contributed by atoms with Crippen molar-refractivity contribution in [3.63, 3.8) is 0 Å². The second kappa shape index (κ2) is 6.26. The number of nitrogens with zero attached hydrogens (tertiary/aromatic N) is 5. The van der Waals surface area contributed by atoms with Crippen molar-refractivity contribution in [2.24, 2.45) is 0 Å². The molecule has 0 atom stereocenters. The van der Waals surface area contributed by atoms with Crippen molar-refractivity contribution in [1.29, 1.82) is 0 Å². The fourth-order valence-corrected chi connectivity index (χ4v) is 2.88. The van der Waals surface area contributed by atoms with Crippen molar-refractivity contribution in [2.75, 3.05) is 0 Å². The molecule has 0 spiro atoms. The first-order chi connectivity index (χ1) is 12.5. The molecule has 0 unspecified atom stereocenters. The summed E-state index contributed by atoms with van der Waals surface area (Å²) in [5.74, 6) is -1.63. The molecule has 0 saturated heterocycles. The third kappa shape index (κ3) is 2.82. The zero-order valence-electron chi connectivity index (χ0n) is 13.0. The highest BCUT2D eigenvalue weighted by atomic mass is 79.9. The smallest absolute Gasteiger partial charge is 0.354 e. The summed E-state index contributed by atoms with van der Waals surface area (Å²) in [6.07, 6.45) is 4.44. The number of benzene rings is 1. The van der Waals surface area contributed by atoms with Crippen LogP contribution in [0.1, 0.15) is 10.5 Å². The molecule has 0 aliphatic carbocycles. The van der Waals surface area contributed by atoms with Gasteiger partial charge in [0.25, 0.3) is 0 Å². The highest BCUT2D eigenvalue weighted by molar-refractivity contribution is 9.10. The van der Waals surface area contributed by atoms with Gasteiger partial charge in [0.1, 0.15) is 12.1 Å². The molecule has 7 nitrogen and oxygen atoms in total. The Bertz CT molecular complexity index is 1150. The minimum atomic E-state index is -1.18. The first kappa shape index (κ1) is 16.3. The molecule has 3 heterocycles. The van der Waals surface area contributed by atoms with E-state index < -0.39 is 11.8 Å². The van der Waals surface area contributed by atoms with E-state index in [0.29, 0.717) is 21.4 Å². The van der Waals surface area contributed by atoms with Crippen molar-refractivity contribution < 1.29 is 14.3 Å². The Morgan fingerprint density at radius 2 is 1.92 bits per heavy atom. The van der Waals surface area contributed by atoms with E-state index in [1.807, 2.05) is 0 Å². The van der Waals surface area contributed by atoms with Gasteiger partial charge in [0.2, 0.25) is 0 Å². The minimum Gasteiger partial charge on any atom is -0.477 e. The lowest BCUT2D eigenvalue weighted by Crippen LogP contribution is -2.05. The summed E-state index contributed by atoms with van der Waals surface area (Å²) in [5.41, 5.74) is 1.75. The Morgan fingerprint density at radius 1 is 1.15 bits per heavy atom. The molecule has 26 heavy (non-hydrogen) atoms. The summed E-state index contributed by atoms with van der Waals surface area (Å²) in [6, 6.07) is 7.53. The Balaban J connectivity index is 1.99. The largest absolute Gasteiger partial charge is 0.477 e. The lowest BCUT2D eigenvalue weighted by molar-refractivity contribution is 0.0690. The van der Waals surface area contributed by atoms with Gasteiger partial charge in [-0.1, -0.05) is 15.9 Å². The second-order valence-electron chi connectivity index (χ2n) is 5.38. The maximum atomic E-state index is 14.3. The Kier molecular flexibility index (Phi) is 3.92. The number of carboxylic acid groups (broad SMARTS) is 1. The molecule has 0 amide bonds. The predicted molar refractivity (Wildman–Crippen MR) is 94.1 cm³/mol. The van der Waals surface area contributed by atoms with E-state index in [1.165, 1.54) is 41.4 Å². The molecule has 128 valence electrons. The molecule has 0 bridgehead atoms. The molecule has 0 saturated carbocycles. The Hall–Kier alpha value is -3.20. The van der Waals surface area contributed by atoms with Crippen molar-refractivity contribution in [3.05, 3.63) is 65.0 Å². The van der Waals surface area contributed by atoms with E-state index in [2.05, 4.69) is 36.0 Å². The van der Waals surface area contributed by atoms with Gasteiger partial charge in [-0.25, -0.2) is 28.7 Å². The fourth-order valence-electron chi connectivity index (χ4n) is 2.55. The van der Waals surface area contributed by atoms with Gasteiger partial charge in [0.05, 0.1) is 11.4 Å². The van der Waals surface area contributed by atoms with Crippen LogP contribution in [-0.2, 0) is 0 Å². The highest BCUT2D eigenvalue weighted by Crippen LogP contribution is 2.27. The van der Waals surface area contributed by atoms with Crippen molar-refractivity contribution in [3.8, 4) is 22.5 Å². The number of hydrogen-bond donors (Lipinski definition) is 1. The summed E-state index contributed by atoms with van der Waals surface area (Å²) in [6.45, 7) is 0. The summed E-state index contributed by atoms with van der Waals surface area (Å²) in [4.78, 5) is 23.4. The number of aromatic carboxylic acids is 1. The number of hydrogen-bond acceptors (Lipinski definition) is 5. The quantitative estimate of drug-likeness (QED) is 0.552. The lowest BCUT2D eigenvalue weighted by atomic mass is 10.1. The number of carbonyl (C=O) groups is 1. The molecule has 1 N–H and O–H groups in total. The molecule has 0 aliphatic heterocycles. The van der Waals surface area contributed by atoms with Crippen molar-refractivity contribution in [1.82, 2.24) is 24.6 Å². The second-order valence-corrected chi connectivity index (χ2v) is 6.30. The van der Waals surface area contributed by atoms with Gasteiger partial charge in [-0.2, -0.15) is 5.10 Å². The molecule has 1 aromatic carbocycles. The van der Waals surface area contributed by atoms with Crippen LogP contribution in [0.5, 0.6) is 0 Å². The van der Waals surface area contributed by atoms with E-state index in [4.69, 9.17) is 0 Å². The summed E-state index contributed by atoms with van der Waals surface area (Å²) in [5, 5.41) is 13.7. The van der Waals surface area contributed by atoms with Gasteiger partial charge in [-0.3, -0.25) is 0 Å². The molecule has 0 radical (unpaired) electrons. The molecule has 3 aromatic heterocycles. The third-order valence-electron chi connectivity index (χ3n) is 3.71. The Labute approximate surface area is 154 Å². The molecular formula is C17H9BrFN5O2. The standard InChI is InChI=1S/C17H9BrFN5O2/c18-10-1-2-11(12(19)3-10)13-5-16-22-14(17(25)26)4-15(24(16)23-13)9-6-20-8-21-7-9/h1-8H,(H,25,26). The zero-order valence-corrected chi connectivity index (χ0v) is 14.6. The summed E-state index contributed by atoms with van der Waals surface area (Å²) in [7, 11) is 0. The zero-order chi connectivity index (χ0) is 18.3. The maximum absolute atomic E-state index is 14.3. The van der Waals surface area contributed by atoms with Crippen LogP contribution in [0.4, 0.5) is 4.39 Å². The molecule has 0 aliphatic rings. The van der Waals surface area contributed by atoms with Gasteiger partial charge in [-0.15, -0.1) is 0 Å². The molecule has 9 heteroatoms. The van der Waals surface area contributed by atoms with Crippen molar-refractivity contribution >= 4 is 27.5 Å². The summed E-state index contributed by atoms with van der Waals surface area (Å²) < 4.78 is 16.3. The SMILES string of the molecule is O=C(O)c1cc(-c2cncnc2)n2nc(-c3ccc(Br)cc3F)cc2n1. The van der Waals surface area contributed by atoms with E-state index >= 15 is 0 Å². The molecule has 4 aromatic rings. The van der Waals surface area contributed by atoms with Crippen LogP contribution in [0.25, 0.3) is 28.2 Å². The van der Waals surface area contributed by atoms with Crippen molar-refractivity contribution in [2.45, 2.75) is 0 Å². The number of aromatic nitrogens is 5. The summed E-state index contributed by atoms with van der Waals surface area (Å²) >= 11 is 3.21. The van der Waals surface area contributed by atoms with Crippen LogP contribution in [0.2, 0.25) is 0 Å². The van der Waals surface area contributed by atoms with Gasteiger partial charge in [-0.05, 0) is 24.3 Å². The first-order valence-electron chi connectivity index (χ1n) is 7.38. The fraction of sp³-hybridized carbons (Fsp3) is 0. The van der Waals surface area contributed by atoms with Crippen LogP contribution in [-0.4, -0.2) is 35.6 Å². The predicted octanol–water partition coefficient (Wildman–Crippen LogP) is 3.45. The van der Waals surface area contributed by atoms with Crippen LogP contribution >= 0.6 is 15.9 Å². The number of rotatable bonds is 3. The van der Waals surface area contributed by atoms with Gasteiger partial charge in [0.15, 0.2) is 11.3 Å². The lowest BCUT2D eigenvalue weighted by Gasteiger charge is -2.05. The van der Waals surface area contributed by atoms with E-state index in [1.54, 1.807) is 12.1 Å². The van der Waals surface area contributed by atoms with Gasteiger partial charge < -0.3 is 5.11 Å². The average Bonchev–Trinajstić information content (AvgIpc) is 3.05. The third-order valence-corrected chi connectivity index (χ3v) is 4.20. The van der Waals surface area contributed by atoms with E-state index in [-0.39, 0.29) is 16.9 Å². The van der Waals surface area contributed by atoms with E-state index in [0.717, 1.165) is 0 Å². The maximum Gasteiger partial charge on any atom is 0.354 e. The monoisotopic (exact) mass is 413 g/mol. The number of fused-ring (bicyclic) bond motifs is 1. The number of halogens is 2. The molecule has 0 fully saturated rings. The molecular weight excluding hydrogens is 405 g/mol. The Morgan fingerprint density at radius 3 is 2.62 bits per heavy atom. The first-order valence-corrected chi connectivity index (χ1v) is 8.17. The molecule has 4 rings (SSSR count). The van der Waals surface area contributed by atoms with Crippen LogP contribution in [0.15, 0.2) is 53.5 Å². The van der Waals surface area contributed by atoms with Gasteiger partial charge >= 0.3 is 5.97 Å². The van der Waals surface area contributed by atoms with Crippen LogP contribution < -0.4 is 0 Å². The topological polar surface area (TPSA) is 93.3 Å². The van der Waals surface area contributed by atoms with Crippen LogP contribution in [0, 0.1) is 5.82 Å². The average molecular weight is 414 g/mol. The minimum absolute atomic E-state index is 0.154. The normalized spacial score (nSPS) is 11.0. The van der Waals surface area contributed by atoms with Gasteiger partial charge in [0, 0.05) is 34.1 Å².